The first-order valence-electron chi connectivity index (χ1n) is 9.84. The van der Waals surface area contributed by atoms with Crippen LogP contribution in [0.25, 0.3) is 11.1 Å². The second kappa shape index (κ2) is 9.15. The fraction of sp³-hybridized carbons (Fsp3) is 0.364. The highest BCUT2D eigenvalue weighted by Crippen LogP contribution is 2.46. The number of benzene rings is 2. The molecule has 1 aliphatic carbocycles. The average Bonchev–Trinajstić information content (AvgIpc) is 3.27. The van der Waals surface area contributed by atoms with Crippen LogP contribution in [0.15, 0.2) is 24.3 Å². The third-order valence-corrected chi connectivity index (χ3v) is 5.60. The molecule has 0 saturated heterocycles. The summed E-state index contributed by atoms with van der Waals surface area (Å²) in [5.74, 6) is 0.586. The number of hydrogen-bond acceptors (Lipinski definition) is 7. The van der Waals surface area contributed by atoms with Crippen LogP contribution in [0.4, 0.5) is 17.1 Å². The molecular weight excluding hydrogens is 382 g/mol. The standard InChI is InChI=1S/C22H23N5O3/c1-30-22-18(27(28)29)9-7-16(13-24)20(22)19-15(12-23)6-8-17(25)21(19)26-11-10-14-4-2-3-5-14/h6-9,14,26H,2-5,10-11,25H2,1H3. The number of nitrogens with zero attached hydrogens (tertiary/aromatic N) is 3. The SMILES string of the molecule is COc1c([N+](=O)[O-])ccc(C#N)c1-c1c(C#N)ccc(N)c1NCCC1CCCC1. The highest BCUT2D eigenvalue weighted by Gasteiger charge is 2.27. The first kappa shape index (κ1) is 20.9. The quantitative estimate of drug-likeness (QED) is 0.390. The molecule has 30 heavy (non-hydrogen) atoms. The fourth-order valence-electron chi connectivity index (χ4n) is 4.13. The fourth-order valence-corrected chi connectivity index (χ4v) is 4.13. The summed E-state index contributed by atoms with van der Waals surface area (Å²) in [6.45, 7) is 0.649. The number of nitro benzene ring substituents is 1. The van der Waals surface area contributed by atoms with Crippen LogP contribution in [0.2, 0.25) is 0 Å². The largest absolute Gasteiger partial charge is 0.490 e. The number of nitriles is 2. The predicted octanol–water partition coefficient (Wildman–Crippen LogP) is 4.59. The number of nitro groups is 1. The highest BCUT2D eigenvalue weighted by molar-refractivity contribution is 5.95. The zero-order chi connectivity index (χ0) is 21.7. The van der Waals surface area contributed by atoms with E-state index in [2.05, 4.69) is 17.5 Å². The summed E-state index contributed by atoms with van der Waals surface area (Å²) >= 11 is 0. The number of nitrogen functional groups attached to an aromatic ring is 1. The average molecular weight is 405 g/mol. The Balaban J connectivity index is 2.16. The van der Waals surface area contributed by atoms with Crippen LogP contribution >= 0.6 is 0 Å². The third-order valence-electron chi connectivity index (χ3n) is 5.60. The lowest BCUT2D eigenvalue weighted by atomic mass is 9.92. The van der Waals surface area contributed by atoms with E-state index in [1.807, 2.05) is 0 Å². The number of methoxy groups -OCH3 is 1. The van der Waals surface area contributed by atoms with Gasteiger partial charge in [-0.1, -0.05) is 25.7 Å². The minimum Gasteiger partial charge on any atom is -0.490 e. The Morgan fingerprint density at radius 1 is 1.17 bits per heavy atom. The van der Waals surface area contributed by atoms with E-state index in [0.717, 1.165) is 6.42 Å². The molecule has 1 fully saturated rings. The van der Waals surface area contributed by atoms with E-state index in [0.29, 0.717) is 29.4 Å². The molecule has 154 valence electrons. The van der Waals surface area contributed by atoms with Crippen LogP contribution in [0, 0.1) is 38.7 Å². The Bertz CT molecular complexity index is 1050. The third kappa shape index (κ3) is 3.99. The molecule has 0 aromatic heterocycles. The minimum absolute atomic E-state index is 0.0695. The maximum absolute atomic E-state index is 11.5. The van der Waals surface area contributed by atoms with E-state index in [4.69, 9.17) is 10.5 Å². The molecule has 2 aromatic rings. The van der Waals surface area contributed by atoms with E-state index in [-0.39, 0.29) is 28.1 Å². The van der Waals surface area contributed by atoms with Gasteiger partial charge in [0.2, 0.25) is 5.75 Å². The molecular formula is C22H23N5O3. The molecule has 8 heteroatoms. The number of anilines is 2. The Hall–Kier alpha value is -3.78. The normalized spacial score (nSPS) is 13.4. The van der Waals surface area contributed by atoms with Crippen molar-refractivity contribution in [2.75, 3.05) is 24.7 Å². The molecule has 0 amide bonds. The van der Waals surface area contributed by atoms with Crippen molar-refractivity contribution >= 4 is 17.1 Å². The van der Waals surface area contributed by atoms with Gasteiger partial charge < -0.3 is 15.8 Å². The molecule has 0 unspecified atom stereocenters. The van der Waals surface area contributed by atoms with E-state index in [1.165, 1.54) is 44.9 Å². The number of hydrogen-bond donors (Lipinski definition) is 2. The lowest BCUT2D eigenvalue weighted by Crippen LogP contribution is -2.11. The molecule has 3 N–H and O–H groups in total. The van der Waals surface area contributed by atoms with Gasteiger partial charge in [-0.25, -0.2) is 0 Å². The van der Waals surface area contributed by atoms with Gasteiger partial charge >= 0.3 is 5.69 Å². The van der Waals surface area contributed by atoms with Crippen molar-refractivity contribution in [2.45, 2.75) is 32.1 Å². The van der Waals surface area contributed by atoms with E-state index in [1.54, 1.807) is 12.1 Å². The zero-order valence-corrected chi connectivity index (χ0v) is 16.8. The maximum Gasteiger partial charge on any atom is 0.311 e. The predicted molar refractivity (Wildman–Crippen MR) is 114 cm³/mol. The van der Waals surface area contributed by atoms with Crippen molar-refractivity contribution in [3.8, 4) is 29.0 Å². The molecule has 1 saturated carbocycles. The van der Waals surface area contributed by atoms with Crippen LogP contribution in [0.5, 0.6) is 5.75 Å². The Morgan fingerprint density at radius 3 is 2.40 bits per heavy atom. The highest BCUT2D eigenvalue weighted by atomic mass is 16.6. The first-order valence-corrected chi connectivity index (χ1v) is 9.84. The summed E-state index contributed by atoms with van der Waals surface area (Å²) in [7, 11) is 1.30. The van der Waals surface area contributed by atoms with Gasteiger partial charge in [0.1, 0.15) is 0 Å². The summed E-state index contributed by atoms with van der Waals surface area (Å²) in [5, 5.41) is 34.2. The number of rotatable bonds is 7. The molecule has 8 nitrogen and oxygen atoms in total. The van der Waals surface area contributed by atoms with Gasteiger partial charge in [0.05, 0.1) is 52.2 Å². The van der Waals surface area contributed by atoms with Gasteiger partial charge in [0.25, 0.3) is 0 Å². The molecule has 0 radical (unpaired) electrons. The van der Waals surface area contributed by atoms with E-state index >= 15 is 0 Å². The van der Waals surface area contributed by atoms with Crippen LogP contribution in [-0.4, -0.2) is 18.6 Å². The van der Waals surface area contributed by atoms with Gasteiger partial charge in [0, 0.05) is 18.2 Å². The second-order valence-electron chi connectivity index (χ2n) is 7.34. The first-order chi connectivity index (χ1) is 14.5. The van der Waals surface area contributed by atoms with Crippen molar-refractivity contribution in [3.63, 3.8) is 0 Å². The van der Waals surface area contributed by atoms with Gasteiger partial charge in [-0.05, 0) is 30.5 Å². The molecule has 0 heterocycles. The summed E-state index contributed by atoms with van der Waals surface area (Å²) in [5.41, 5.74) is 7.79. The monoisotopic (exact) mass is 405 g/mol. The Labute approximate surface area is 175 Å². The molecule has 0 aliphatic heterocycles. The van der Waals surface area contributed by atoms with Crippen LogP contribution in [0.1, 0.15) is 43.2 Å². The summed E-state index contributed by atoms with van der Waals surface area (Å²) in [4.78, 5) is 11.0. The summed E-state index contributed by atoms with van der Waals surface area (Å²) < 4.78 is 5.34. The van der Waals surface area contributed by atoms with Crippen LogP contribution in [-0.2, 0) is 0 Å². The van der Waals surface area contributed by atoms with E-state index in [9.17, 15) is 20.6 Å². The maximum atomic E-state index is 11.5. The van der Waals surface area contributed by atoms with Crippen LogP contribution in [0.3, 0.4) is 0 Å². The Kier molecular flexibility index (Phi) is 6.38. The van der Waals surface area contributed by atoms with E-state index < -0.39 is 4.92 Å². The van der Waals surface area contributed by atoms with Crippen molar-refractivity contribution < 1.29 is 9.66 Å². The van der Waals surface area contributed by atoms with Crippen molar-refractivity contribution in [3.05, 3.63) is 45.5 Å². The molecule has 0 bridgehead atoms. The molecule has 1 aliphatic rings. The molecule has 0 spiro atoms. The lowest BCUT2D eigenvalue weighted by Gasteiger charge is -2.20. The van der Waals surface area contributed by atoms with Gasteiger partial charge in [0.15, 0.2) is 0 Å². The van der Waals surface area contributed by atoms with Crippen molar-refractivity contribution in [1.82, 2.24) is 0 Å². The van der Waals surface area contributed by atoms with Gasteiger partial charge in [-0.2, -0.15) is 10.5 Å². The summed E-state index contributed by atoms with van der Waals surface area (Å²) in [6, 6.07) is 9.93. The number of ether oxygens (including phenoxy) is 1. The zero-order valence-electron chi connectivity index (χ0n) is 16.8. The summed E-state index contributed by atoms with van der Waals surface area (Å²) in [6.07, 6.45) is 5.88. The topological polar surface area (TPSA) is 138 Å². The molecule has 0 atom stereocenters. The van der Waals surface area contributed by atoms with Crippen molar-refractivity contribution in [1.29, 1.82) is 10.5 Å². The molecule has 3 rings (SSSR count). The number of nitrogens with two attached hydrogens (primary N) is 1. The smallest absolute Gasteiger partial charge is 0.311 e. The lowest BCUT2D eigenvalue weighted by molar-refractivity contribution is -0.385. The van der Waals surface area contributed by atoms with Crippen molar-refractivity contribution in [2.24, 2.45) is 5.92 Å². The van der Waals surface area contributed by atoms with Crippen LogP contribution < -0.4 is 15.8 Å². The molecule has 2 aromatic carbocycles. The van der Waals surface area contributed by atoms with Gasteiger partial charge in [-0.3, -0.25) is 10.1 Å². The second-order valence-corrected chi connectivity index (χ2v) is 7.34. The minimum atomic E-state index is -0.574. The Morgan fingerprint density at radius 2 is 1.80 bits per heavy atom. The van der Waals surface area contributed by atoms with Gasteiger partial charge in [-0.15, -0.1) is 0 Å². The number of nitrogens with one attached hydrogen (secondary N) is 1.